The quantitative estimate of drug-likeness (QED) is 0.693. The van der Waals surface area contributed by atoms with Gasteiger partial charge in [0.05, 0.1) is 0 Å². The second-order valence-corrected chi connectivity index (χ2v) is 4.95. The Morgan fingerprint density at radius 2 is 1.38 bits per heavy atom. The van der Waals surface area contributed by atoms with Gasteiger partial charge in [-0.15, -0.1) is 0 Å². The third kappa shape index (κ3) is 2.70. The largest absolute Gasteiger partial charge is 0.314 e. The first-order valence-corrected chi connectivity index (χ1v) is 5.60. The van der Waals surface area contributed by atoms with Crippen molar-refractivity contribution >= 4 is 0 Å². The maximum atomic E-state index is 3.55. The molecule has 0 aliphatic carbocycles. The van der Waals surface area contributed by atoms with Crippen LogP contribution in [0.1, 0.15) is 48.5 Å². The normalized spacial score (nSPS) is 15.5. The van der Waals surface area contributed by atoms with E-state index in [9.17, 15) is 0 Å². The van der Waals surface area contributed by atoms with Crippen LogP contribution in [0.5, 0.6) is 0 Å². The fourth-order valence-corrected chi connectivity index (χ4v) is 2.19. The van der Waals surface area contributed by atoms with Crippen LogP contribution in [0.25, 0.3) is 0 Å². The van der Waals surface area contributed by atoms with Gasteiger partial charge in [0.2, 0.25) is 0 Å². The van der Waals surface area contributed by atoms with Gasteiger partial charge in [-0.3, -0.25) is 0 Å². The lowest BCUT2D eigenvalue weighted by atomic mass is 9.66. The van der Waals surface area contributed by atoms with E-state index in [2.05, 4.69) is 53.8 Å². The Balaban J connectivity index is 4.58. The number of rotatable bonds is 5. The minimum Gasteiger partial charge on any atom is -0.314 e. The minimum atomic E-state index is 0.399. The molecule has 1 atom stereocenters. The monoisotopic (exact) mass is 185 g/mol. The smallest absolute Gasteiger partial charge is 0.00973 e. The van der Waals surface area contributed by atoms with Crippen LogP contribution < -0.4 is 5.32 Å². The summed E-state index contributed by atoms with van der Waals surface area (Å²) in [5.41, 5.74) is 0.399. The van der Waals surface area contributed by atoms with Gasteiger partial charge < -0.3 is 5.32 Å². The standard InChI is InChI=1S/C12H27N/c1-8-13-11(6)12(7,9(2)3)10(4)5/h9-11,13H,8H2,1-7H3. The summed E-state index contributed by atoms with van der Waals surface area (Å²) in [7, 11) is 0. The van der Waals surface area contributed by atoms with Gasteiger partial charge in [-0.25, -0.2) is 0 Å². The molecule has 80 valence electrons. The van der Waals surface area contributed by atoms with E-state index >= 15 is 0 Å². The van der Waals surface area contributed by atoms with Crippen LogP contribution in [-0.2, 0) is 0 Å². The molecule has 0 bridgehead atoms. The Morgan fingerprint density at radius 1 is 1.00 bits per heavy atom. The lowest BCUT2D eigenvalue weighted by molar-refractivity contribution is 0.0877. The third-order valence-electron chi connectivity index (χ3n) is 3.93. The molecule has 0 radical (unpaired) electrons. The lowest BCUT2D eigenvalue weighted by Gasteiger charge is -2.43. The van der Waals surface area contributed by atoms with Crippen LogP contribution in [0.4, 0.5) is 0 Å². The SMILES string of the molecule is CCNC(C)C(C)(C(C)C)C(C)C. The fraction of sp³-hybridized carbons (Fsp3) is 1.00. The molecule has 0 aromatic carbocycles. The highest BCUT2D eigenvalue weighted by atomic mass is 14.9. The van der Waals surface area contributed by atoms with E-state index in [-0.39, 0.29) is 0 Å². The van der Waals surface area contributed by atoms with Crippen molar-refractivity contribution in [1.82, 2.24) is 5.32 Å². The first-order chi connectivity index (χ1) is 5.87. The summed E-state index contributed by atoms with van der Waals surface area (Å²) in [5.74, 6) is 1.45. The maximum absolute atomic E-state index is 3.55. The summed E-state index contributed by atoms with van der Waals surface area (Å²) in [6.45, 7) is 17.3. The summed E-state index contributed by atoms with van der Waals surface area (Å²) in [6, 6.07) is 0.595. The minimum absolute atomic E-state index is 0.399. The van der Waals surface area contributed by atoms with E-state index < -0.39 is 0 Å². The van der Waals surface area contributed by atoms with E-state index in [1.807, 2.05) is 0 Å². The molecule has 0 saturated heterocycles. The van der Waals surface area contributed by atoms with E-state index in [1.165, 1.54) is 0 Å². The summed E-state index contributed by atoms with van der Waals surface area (Å²) in [5, 5.41) is 3.55. The zero-order valence-corrected chi connectivity index (χ0v) is 10.4. The van der Waals surface area contributed by atoms with Gasteiger partial charge in [-0.2, -0.15) is 0 Å². The zero-order chi connectivity index (χ0) is 10.6. The van der Waals surface area contributed by atoms with Crippen molar-refractivity contribution < 1.29 is 0 Å². The predicted molar refractivity (Wildman–Crippen MR) is 60.9 cm³/mol. The Labute approximate surface area is 84.3 Å². The lowest BCUT2D eigenvalue weighted by Crippen LogP contribution is -2.47. The fourth-order valence-electron chi connectivity index (χ4n) is 2.19. The molecule has 0 aliphatic rings. The van der Waals surface area contributed by atoms with Gasteiger partial charge >= 0.3 is 0 Å². The van der Waals surface area contributed by atoms with Crippen LogP contribution in [0, 0.1) is 17.3 Å². The molecule has 1 unspecified atom stereocenters. The summed E-state index contributed by atoms with van der Waals surface area (Å²) in [4.78, 5) is 0. The summed E-state index contributed by atoms with van der Waals surface area (Å²) >= 11 is 0. The molecule has 1 heteroatoms. The molecule has 0 heterocycles. The first-order valence-electron chi connectivity index (χ1n) is 5.60. The zero-order valence-electron chi connectivity index (χ0n) is 10.4. The van der Waals surface area contributed by atoms with Crippen molar-refractivity contribution in [1.29, 1.82) is 0 Å². The molecular weight excluding hydrogens is 158 g/mol. The Bertz CT molecular complexity index is 130. The van der Waals surface area contributed by atoms with Crippen LogP contribution in [0.15, 0.2) is 0 Å². The molecule has 0 amide bonds. The highest BCUT2D eigenvalue weighted by Gasteiger charge is 2.36. The van der Waals surface area contributed by atoms with E-state index in [0.717, 1.165) is 18.4 Å². The predicted octanol–water partition coefficient (Wildman–Crippen LogP) is 3.30. The van der Waals surface area contributed by atoms with Gasteiger partial charge in [0, 0.05) is 6.04 Å². The van der Waals surface area contributed by atoms with Crippen molar-refractivity contribution in [3.8, 4) is 0 Å². The molecular formula is C12H27N. The van der Waals surface area contributed by atoms with Crippen molar-refractivity contribution in [2.75, 3.05) is 6.54 Å². The molecule has 0 aliphatic heterocycles. The highest BCUT2D eigenvalue weighted by Crippen LogP contribution is 2.38. The van der Waals surface area contributed by atoms with Crippen molar-refractivity contribution in [3.63, 3.8) is 0 Å². The van der Waals surface area contributed by atoms with E-state index in [4.69, 9.17) is 0 Å². The van der Waals surface area contributed by atoms with E-state index in [1.54, 1.807) is 0 Å². The number of hydrogen-bond acceptors (Lipinski definition) is 1. The summed E-state index contributed by atoms with van der Waals surface area (Å²) < 4.78 is 0. The molecule has 1 N–H and O–H groups in total. The molecule has 0 saturated carbocycles. The van der Waals surface area contributed by atoms with Gasteiger partial charge in [-0.1, -0.05) is 41.5 Å². The van der Waals surface area contributed by atoms with Crippen molar-refractivity contribution in [2.45, 2.75) is 54.5 Å². The topological polar surface area (TPSA) is 12.0 Å². The molecule has 0 spiro atoms. The number of hydrogen-bond donors (Lipinski definition) is 1. The summed E-state index contributed by atoms with van der Waals surface area (Å²) in [6.07, 6.45) is 0. The Hall–Kier alpha value is -0.0400. The van der Waals surface area contributed by atoms with Crippen molar-refractivity contribution in [3.05, 3.63) is 0 Å². The van der Waals surface area contributed by atoms with Crippen LogP contribution in [0.2, 0.25) is 0 Å². The van der Waals surface area contributed by atoms with Gasteiger partial charge in [0.25, 0.3) is 0 Å². The van der Waals surface area contributed by atoms with Crippen LogP contribution >= 0.6 is 0 Å². The average Bonchev–Trinajstić information content (AvgIpc) is 2.02. The second kappa shape index (κ2) is 4.99. The number of nitrogens with one attached hydrogen (secondary N) is 1. The van der Waals surface area contributed by atoms with Crippen molar-refractivity contribution in [2.24, 2.45) is 17.3 Å². The Morgan fingerprint density at radius 3 is 1.62 bits per heavy atom. The molecule has 0 fully saturated rings. The molecule has 13 heavy (non-hydrogen) atoms. The Kier molecular flexibility index (Phi) is 4.98. The van der Waals surface area contributed by atoms with Crippen LogP contribution in [0.3, 0.4) is 0 Å². The molecule has 0 aromatic rings. The molecule has 1 nitrogen and oxygen atoms in total. The molecule has 0 rings (SSSR count). The average molecular weight is 185 g/mol. The maximum Gasteiger partial charge on any atom is 0.00973 e. The van der Waals surface area contributed by atoms with Gasteiger partial charge in [-0.05, 0) is 30.7 Å². The van der Waals surface area contributed by atoms with Crippen LogP contribution in [-0.4, -0.2) is 12.6 Å². The highest BCUT2D eigenvalue weighted by molar-refractivity contribution is 4.89. The molecule has 0 aromatic heterocycles. The third-order valence-corrected chi connectivity index (χ3v) is 3.93. The van der Waals surface area contributed by atoms with Gasteiger partial charge in [0.15, 0.2) is 0 Å². The first kappa shape index (κ1) is 13.0. The van der Waals surface area contributed by atoms with Gasteiger partial charge in [0.1, 0.15) is 0 Å². The second-order valence-electron chi connectivity index (χ2n) is 4.95. The van der Waals surface area contributed by atoms with E-state index in [0.29, 0.717) is 11.5 Å².